The Balaban J connectivity index is 1.71. The zero-order chi connectivity index (χ0) is 15.8. The Bertz CT molecular complexity index is 609. The Hall–Kier alpha value is -2.33. The average Bonchev–Trinajstić information content (AvgIpc) is 2.55. The zero-order valence-electron chi connectivity index (χ0n) is 13.1. The van der Waals surface area contributed by atoms with E-state index in [1.165, 1.54) is 0 Å². The number of carbonyl (C=O) groups excluding carboxylic acids is 1. The fourth-order valence-electron chi connectivity index (χ4n) is 2.14. The minimum Gasteiger partial charge on any atom is -0.496 e. The number of ether oxygens (including phenoxy) is 1. The molecule has 0 aliphatic carbocycles. The highest BCUT2D eigenvalue weighted by atomic mass is 16.5. The van der Waals surface area contributed by atoms with Crippen molar-refractivity contribution in [3.05, 3.63) is 65.2 Å². The van der Waals surface area contributed by atoms with Crippen molar-refractivity contribution in [2.75, 3.05) is 20.2 Å². The van der Waals surface area contributed by atoms with E-state index in [1.54, 1.807) is 7.11 Å². The number of hydrogen-bond acceptors (Lipinski definition) is 3. The first-order valence-electron chi connectivity index (χ1n) is 7.38. The molecule has 0 fully saturated rings. The average molecular weight is 298 g/mol. The first-order chi connectivity index (χ1) is 10.7. The van der Waals surface area contributed by atoms with E-state index in [0.717, 1.165) is 16.9 Å². The molecule has 0 atom stereocenters. The van der Waals surface area contributed by atoms with Gasteiger partial charge in [0.15, 0.2) is 0 Å². The van der Waals surface area contributed by atoms with E-state index in [1.807, 2.05) is 55.5 Å². The van der Waals surface area contributed by atoms with Crippen LogP contribution in [-0.2, 0) is 6.54 Å². The number of para-hydroxylation sites is 1. The van der Waals surface area contributed by atoms with Crippen LogP contribution in [0.4, 0.5) is 0 Å². The maximum atomic E-state index is 11.9. The maximum absolute atomic E-state index is 11.9. The van der Waals surface area contributed by atoms with Crippen molar-refractivity contribution in [2.24, 2.45) is 0 Å². The minimum atomic E-state index is -0.0425. The Morgan fingerprint density at radius 1 is 1.05 bits per heavy atom. The lowest BCUT2D eigenvalue weighted by atomic mass is 10.1. The number of amides is 1. The molecule has 2 aromatic carbocycles. The summed E-state index contributed by atoms with van der Waals surface area (Å²) in [6.07, 6.45) is 0. The maximum Gasteiger partial charge on any atom is 0.251 e. The van der Waals surface area contributed by atoms with Crippen LogP contribution in [-0.4, -0.2) is 26.1 Å². The molecule has 0 aliphatic rings. The molecule has 4 nitrogen and oxygen atoms in total. The summed E-state index contributed by atoms with van der Waals surface area (Å²) in [5.41, 5.74) is 2.94. The van der Waals surface area contributed by atoms with Crippen LogP contribution in [0.25, 0.3) is 0 Å². The third-order valence-corrected chi connectivity index (χ3v) is 3.41. The molecule has 0 heterocycles. The molecule has 116 valence electrons. The van der Waals surface area contributed by atoms with Crippen molar-refractivity contribution >= 4 is 5.91 Å². The number of rotatable bonds is 7. The largest absolute Gasteiger partial charge is 0.496 e. The second kappa shape index (κ2) is 8.20. The first-order valence-corrected chi connectivity index (χ1v) is 7.38. The van der Waals surface area contributed by atoms with Crippen LogP contribution in [0, 0.1) is 6.92 Å². The van der Waals surface area contributed by atoms with E-state index in [2.05, 4.69) is 10.6 Å². The van der Waals surface area contributed by atoms with Crippen molar-refractivity contribution in [1.29, 1.82) is 0 Å². The highest BCUT2D eigenvalue weighted by Crippen LogP contribution is 2.16. The molecule has 1 amide bonds. The van der Waals surface area contributed by atoms with Crippen molar-refractivity contribution in [2.45, 2.75) is 13.5 Å². The van der Waals surface area contributed by atoms with Gasteiger partial charge in [-0.2, -0.15) is 0 Å². The van der Waals surface area contributed by atoms with E-state index in [4.69, 9.17) is 4.74 Å². The summed E-state index contributed by atoms with van der Waals surface area (Å²) in [4.78, 5) is 11.9. The molecule has 4 heteroatoms. The van der Waals surface area contributed by atoms with Crippen LogP contribution in [0.15, 0.2) is 48.5 Å². The molecule has 0 aromatic heterocycles. The van der Waals surface area contributed by atoms with Crippen molar-refractivity contribution in [3.8, 4) is 5.75 Å². The van der Waals surface area contributed by atoms with Crippen molar-refractivity contribution < 1.29 is 9.53 Å². The SMILES string of the molecule is COc1ccccc1CNCCNC(=O)c1ccc(C)cc1. The molecule has 22 heavy (non-hydrogen) atoms. The quantitative estimate of drug-likeness (QED) is 0.772. The van der Waals surface area contributed by atoms with Gasteiger partial charge in [0.25, 0.3) is 5.91 Å². The second-order valence-electron chi connectivity index (χ2n) is 5.11. The minimum absolute atomic E-state index is 0.0425. The Morgan fingerprint density at radius 2 is 1.77 bits per heavy atom. The summed E-state index contributed by atoms with van der Waals surface area (Å²) in [7, 11) is 1.67. The van der Waals surface area contributed by atoms with E-state index >= 15 is 0 Å². The van der Waals surface area contributed by atoms with Gasteiger partial charge in [0.1, 0.15) is 5.75 Å². The van der Waals surface area contributed by atoms with Crippen molar-refractivity contribution in [3.63, 3.8) is 0 Å². The van der Waals surface area contributed by atoms with E-state index in [-0.39, 0.29) is 5.91 Å². The van der Waals surface area contributed by atoms with E-state index in [9.17, 15) is 4.79 Å². The number of aryl methyl sites for hydroxylation is 1. The Kier molecular flexibility index (Phi) is 5.98. The normalized spacial score (nSPS) is 10.3. The van der Waals surface area contributed by atoms with Gasteiger partial charge in [0, 0.05) is 30.8 Å². The number of hydrogen-bond donors (Lipinski definition) is 2. The lowest BCUT2D eigenvalue weighted by molar-refractivity contribution is 0.0954. The van der Waals surface area contributed by atoms with E-state index in [0.29, 0.717) is 25.2 Å². The highest BCUT2D eigenvalue weighted by molar-refractivity contribution is 5.94. The molecule has 0 spiro atoms. The number of carbonyl (C=O) groups is 1. The summed E-state index contributed by atoms with van der Waals surface area (Å²) in [5.74, 6) is 0.831. The second-order valence-corrected chi connectivity index (χ2v) is 5.11. The van der Waals surface area contributed by atoms with Crippen LogP contribution in [0.5, 0.6) is 5.75 Å². The molecule has 2 rings (SSSR count). The third kappa shape index (κ3) is 4.60. The molecule has 2 N–H and O–H groups in total. The van der Waals surface area contributed by atoms with Gasteiger partial charge in [-0.3, -0.25) is 4.79 Å². The number of benzene rings is 2. The van der Waals surface area contributed by atoms with Gasteiger partial charge in [-0.1, -0.05) is 35.9 Å². The predicted octanol–water partition coefficient (Wildman–Crippen LogP) is 2.52. The fraction of sp³-hybridized carbons (Fsp3) is 0.278. The van der Waals surface area contributed by atoms with Crippen LogP contribution < -0.4 is 15.4 Å². The van der Waals surface area contributed by atoms with Gasteiger partial charge in [0.05, 0.1) is 7.11 Å². The molecular weight excluding hydrogens is 276 g/mol. The fourth-order valence-corrected chi connectivity index (χ4v) is 2.14. The number of nitrogens with one attached hydrogen (secondary N) is 2. The summed E-state index contributed by atoms with van der Waals surface area (Å²) in [6.45, 7) is 4.01. The van der Waals surface area contributed by atoms with Gasteiger partial charge in [-0.05, 0) is 25.1 Å². The molecular formula is C18H22N2O2. The summed E-state index contributed by atoms with van der Waals surface area (Å²) in [5, 5.41) is 6.20. The Morgan fingerprint density at radius 3 is 2.50 bits per heavy atom. The van der Waals surface area contributed by atoms with Crippen molar-refractivity contribution in [1.82, 2.24) is 10.6 Å². The molecule has 0 bridgehead atoms. The summed E-state index contributed by atoms with van der Waals surface area (Å²) in [6, 6.07) is 15.5. The van der Waals surface area contributed by atoms with Crippen LogP contribution in [0.3, 0.4) is 0 Å². The highest BCUT2D eigenvalue weighted by Gasteiger charge is 2.04. The predicted molar refractivity (Wildman–Crippen MR) is 88.2 cm³/mol. The molecule has 0 aliphatic heterocycles. The first kappa shape index (κ1) is 16.0. The lowest BCUT2D eigenvalue weighted by Gasteiger charge is -2.10. The Labute approximate surface area is 131 Å². The van der Waals surface area contributed by atoms with Gasteiger partial charge >= 0.3 is 0 Å². The summed E-state index contributed by atoms with van der Waals surface area (Å²) >= 11 is 0. The zero-order valence-corrected chi connectivity index (χ0v) is 13.1. The topological polar surface area (TPSA) is 50.4 Å². The van der Waals surface area contributed by atoms with Gasteiger partial charge < -0.3 is 15.4 Å². The molecule has 2 aromatic rings. The smallest absolute Gasteiger partial charge is 0.251 e. The standard InChI is InChI=1S/C18H22N2O2/c1-14-7-9-15(10-8-14)18(21)20-12-11-19-13-16-5-3-4-6-17(16)22-2/h3-10,19H,11-13H2,1-2H3,(H,20,21). The van der Waals surface area contributed by atoms with Crippen LogP contribution in [0.2, 0.25) is 0 Å². The third-order valence-electron chi connectivity index (χ3n) is 3.41. The van der Waals surface area contributed by atoms with Gasteiger partial charge in [-0.15, -0.1) is 0 Å². The van der Waals surface area contributed by atoms with E-state index < -0.39 is 0 Å². The number of methoxy groups -OCH3 is 1. The molecule has 0 saturated heterocycles. The van der Waals surface area contributed by atoms with Crippen LogP contribution >= 0.6 is 0 Å². The van der Waals surface area contributed by atoms with Gasteiger partial charge in [-0.25, -0.2) is 0 Å². The molecule has 0 radical (unpaired) electrons. The molecule has 0 unspecified atom stereocenters. The van der Waals surface area contributed by atoms with Crippen LogP contribution in [0.1, 0.15) is 21.5 Å². The van der Waals surface area contributed by atoms with Gasteiger partial charge in [0.2, 0.25) is 0 Å². The molecule has 0 saturated carbocycles. The summed E-state index contributed by atoms with van der Waals surface area (Å²) < 4.78 is 5.30. The monoisotopic (exact) mass is 298 g/mol. The lowest BCUT2D eigenvalue weighted by Crippen LogP contribution is -2.31.